The molecule has 0 bridgehead atoms. The largest absolute Gasteiger partial charge is 0.294 e. The van der Waals surface area contributed by atoms with Crippen LogP contribution in [0, 0.1) is 9.39 Å². The summed E-state index contributed by atoms with van der Waals surface area (Å²) in [6.45, 7) is 0. The van der Waals surface area contributed by atoms with Crippen LogP contribution in [0.1, 0.15) is 40.7 Å². The third-order valence-corrected chi connectivity index (χ3v) is 4.33. The first kappa shape index (κ1) is 17.3. The molecular formula is C17H16ClFINO. The predicted octanol–water partition coefficient (Wildman–Crippen LogP) is 5.01. The van der Waals surface area contributed by atoms with E-state index in [2.05, 4.69) is 27.6 Å². The third kappa shape index (κ3) is 4.74. The normalized spacial score (nSPS) is 10.7. The molecule has 0 atom stereocenters. The fourth-order valence-electron chi connectivity index (χ4n) is 2.22. The summed E-state index contributed by atoms with van der Waals surface area (Å²) >= 11 is 7.71. The lowest BCUT2D eigenvalue weighted by Crippen LogP contribution is -2.06. The van der Waals surface area contributed by atoms with Crippen molar-refractivity contribution in [2.45, 2.75) is 25.7 Å². The van der Waals surface area contributed by atoms with Gasteiger partial charge >= 0.3 is 0 Å². The number of Topliss-reactive ketones (excluding diaryl/α,β-unsaturated/α-hetero) is 1. The van der Waals surface area contributed by atoms with Crippen LogP contribution in [0.5, 0.6) is 0 Å². The van der Waals surface area contributed by atoms with Crippen molar-refractivity contribution in [3.05, 3.63) is 62.7 Å². The lowest BCUT2D eigenvalue weighted by atomic mass is 9.97. The number of hydrogen-bond acceptors (Lipinski definition) is 2. The maximum atomic E-state index is 14.0. The molecule has 0 amide bonds. The lowest BCUT2D eigenvalue weighted by Gasteiger charge is -2.09. The second-order valence-corrected chi connectivity index (χ2v) is 6.64. The number of aromatic nitrogens is 1. The molecule has 0 aliphatic rings. The number of pyridine rings is 1. The average molecular weight is 432 g/mol. The molecule has 0 N–H and O–H groups in total. The number of unbranched alkanes of at least 4 members (excludes halogenated alkanes) is 1. The molecular weight excluding hydrogens is 416 g/mol. The summed E-state index contributed by atoms with van der Waals surface area (Å²) in [4.78, 5) is 16.4. The quantitative estimate of drug-likeness (QED) is 0.267. The number of rotatable bonds is 7. The molecule has 0 saturated heterocycles. The van der Waals surface area contributed by atoms with Crippen molar-refractivity contribution in [2.24, 2.45) is 0 Å². The topological polar surface area (TPSA) is 30.0 Å². The minimum Gasteiger partial charge on any atom is -0.294 e. The van der Waals surface area contributed by atoms with E-state index >= 15 is 0 Å². The molecule has 22 heavy (non-hydrogen) atoms. The number of halogens is 3. The van der Waals surface area contributed by atoms with Gasteiger partial charge in [0, 0.05) is 40.2 Å². The van der Waals surface area contributed by atoms with Gasteiger partial charge in [0.1, 0.15) is 5.82 Å². The van der Waals surface area contributed by atoms with Gasteiger partial charge in [-0.15, -0.1) is 11.6 Å². The zero-order chi connectivity index (χ0) is 15.9. The number of benzene rings is 1. The van der Waals surface area contributed by atoms with E-state index in [1.54, 1.807) is 24.5 Å². The third-order valence-electron chi connectivity index (χ3n) is 3.39. The van der Waals surface area contributed by atoms with E-state index in [1.807, 2.05) is 6.07 Å². The number of nitrogens with zero attached hydrogens (tertiary/aromatic N) is 1. The maximum absolute atomic E-state index is 14.0. The van der Waals surface area contributed by atoms with Crippen LogP contribution in [-0.2, 0) is 6.42 Å². The van der Waals surface area contributed by atoms with Crippen LogP contribution >= 0.6 is 34.2 Å². The maximum Gasteiger partial charge on any atom is 0.163 e. The van der Waals surface area contributed by atoms with Gasteiger partial charge in [0.2, 0.25) is 0 Å². The van der Waals surface area contributed by atoms with Crippen molar-refractivity contribution < 1.29 is 9.18 Å². The van der Waals surface area contributed by atoms with E-state index in [9.17, 15) is 9.18 Å². The Morgan fingerprint density at radius 3 is 2.77 bits per heavy atom. The molecule has 2 rings (SSSR count). The van der Waals surface area contributed by atoms with E-state index in [0.29, 0.717) is 29.8 Å². The SMILES string of the molecule is O=C(CCCCCl)c1ccncc1Cc1ccc(I)cc1F. The molecule has 0 spiro atoms. The second kappa shape index (κ2) is 8.58. The lowest BCUT2D eigenvalue weighted by molar-refractivity contribution is 0.0979. The van der Waals surface area contributed by atoms with Gasteiger partial charge in [0.15, 0.2) is 5.78 Å². The predicted molar refractivity (Wildman–Crippen MR) is 95.1 cm³/mol. The molecule has 1 heterocycles. The first-order valence-corrected chi connectivity index (χ1v) is 8.69. The fraction of sp³-hybridized carbons (Fsp3) is 0.294. The fourth-order valence-corrected chi connectivity index (χ4v) is 2.87. The molecule has 0 aliphatic carbocycles. The van der Waals surface area contributed by atoms with Gasteiger partial charge in [-0.2, -0.15) is 0 Å². The minimum atomic E-state index is -0.253. The summed E-state index contributed by atoms with van der Waals surface area (Å²) < 4.78 is 14.8. The van der Waals surface area contributed by atoms with Crippen LogP contribution in [0.3, 0.4) is 0 Å². The molecule has 2 aromatic rings. The number of carbonyl (C=O) groups excluding carboxylic acids is 1. The Hall–Kier alpha value is -1.01. The zero-order valence-electron chi connectivity index (χ0n) is 12.0. The highest BCUT2D eigenvalue weighted by molar-refractivity contribution is 14.1. The van der Waals surface area contributed by atoms with E-state index in [-0.39, 0.29) is 11.6 Å². The number of carbonyl (C=O) groups is 1. The summed E-state index contributed by atoms with van der Waals surface area (Å²) in [6.07, 6.45) is 5.66. The van der Waals surface area contributed by atoms with E-state index in [4.69, 9.17) is 11.6 Å². The number of ketones is 1. The molecule has 0 unspecified atom stereocenters. The van der Waals surface area contributed by atoms with Crippen LogP contribution in [0.15, 0.2) is 36.7 Å². The summed E-state index contributed by atoms with van der Waals surface area (Å²) in [5.74, 6) is 0.370. The van der Waals surface area contributed by atoms with E-state index < -0.39 is 0 Å². The van der Waals surface area contributed by atoms with E-state index in [0.717, 1.165) is 22.0 Å². The highest BCUT2D eigenvalue weighted by Crippen LogP contribution is 2.19. The van der Waals surface area contributed by atoms with Crippen molar-refractivity contribution in [3.63, 3.8) is 0 Å². The van der Waals surface area contributed by atoms with Gasteiger partial charge in [-0.1, -0.05) is 6.07 Å². The summed E-state index contributed by atoms with van der Waals surface area (Å²) in [5, 5.41) is 0. The van der Waals surface area contributed by atoms with Crippen molar-refractivity contribution in [3.8, 4) is 0 Å². The van der Waals surface area contributed by atoms with Crippen LogP contribution in [-0.4, -0.2) is 16.6 Å². The van der Waals surface area contributed by atoms with Gasteiger partial charge in [0.25, 0.3) is 0 Å². The Morgan fingerprint density at radius 1 is 1.23 bits per heavy atom. The Balaban J connectivity index is 2.19. The van der Waals surface area contributed by atoms with Crippen LogP contribution < -0.4 is 0 Å². The van der Waals surface area contributed by atoms with Crippen molar-refractivity contribution in [1.82, 2.24) is 4.98 Å². The van der Waals surface area contributed by atoms with Crippen LogP contribution in [0.4, 0.5) is 4.39 Å². The molecule has 1 aromatic heterocycles. The van der Waals surface area contributed by atoms with Gasteiger partial charge in [-0.25, -0.2) is 4.39 Å². The van der Waals surface area contributed by atoms with Gasteiger partial charge < -0.3 is 0 Å². The van der Waals surface area contributed by atoms with Gasteiger partial charge in [-0.3, -0.25) is 9.78 Å². The standard InChI is InChI=1S/C17H16ClFINO/c18-7-2-1-3-17(22)15-6-8-21-11-13(15)9-12-4-5-14(20)10-16(12)19/h4-6,8,10-11H,1-3,7,9H2. The first-order valence-electron chi connectivity index (χ1n) is 7.08. The van der Waals surface area contributed by atoms with Crippen molar-refractivity contribution in [2.75, 3.05) is 5.88 Å². The van der Waals surface area contributed by atoms with Gasteiger partial charge in [0.05, 0.1) is 0 Å². The number of alkyl halides is 1. The molecule has 2 nitrogen and oxygen atoms in total. The molecule has 5 heteroatoms. The Labute approximate surface area is 148 Å². The van der Waals surface area contributed by atoms with E-state index in [1.165, 1.54) is 6.07 Å². The highest BCUT2D eigenvalue weighted by atomic mass is 127. The molecule has 0 radical (unpaired) electrons. The summed E-state index contributed by atoms with van der Waals surface area (Å²) in [6, 6.07) is 6.82. The molecule has 116 valence electrons. The first-order chi connectivity index (χ1) is 10.6. The molecule has 1 aromatic carbocycles. The van der Waals surface area contributed by atoms with Gasteiger partial charge in [-0.05, 0) is 64.8 Å². The second-order valence-electron chi connectivity index (χ2n) is 5.01. The Bertz CT molecular complexity index is 663. The van der Waals surface area contributed by atoms with Crippen molar-refractivity contribution >= 4 is 40.0 Å². The molecule has 0 saturated carbocycles. The zero-order valence-corrected chi connectivity index (χ0v) is 14.9. The number of hydrogen-bond donors (Lipinski definition) is 0. The highest BCUT2D eigenvalue weighted by Gasteiger charge is 2.13. The van der Waals surface area contributed by atoms with Crippen molar-refractivity contribution in [1.29, 1.82) is 0 Å². The van der Waals surface area contributed by atoms with Crippen LogP contribution in [0.25, 0.3) is 0 Å². The summed E-state index contributed by atoms with van der Waals surface area (Å²) in [7, 11) is 0. The van der Waals surface area contributed by atoms with Crippen LogP contribution in [0.2, 0.25) is 0 Å². The Morgan fingerprint density at radius 2 is 2.05 bits per heavy atom. The molecule has 0 aliphatic heterocycles. The Kier molecular flexibility index (Phi) is 6.76. The minimum absolute atomic E-state index is 0.0634. The average Bonchev–Trinajstić information content (AvgIpc) is 2.51. The molecule has 0 fully saturated rings. The summed E-state index contributed by atoms with van der Waals surface area (Å²) in [5.41, 5.74) is 1.96. The smallest absolute Gasteiger partial charge is 0.163 e. The monoisotopic (exact) mass is 431 g/mol.